The van der Waals surface area contributed by atoms with Gasteiger partial charge in [0.15, 0.2) is 0 Å². The van der Waals surface area contributed by atoms with E-state index in [9.17, 15) is 18.0 Å². The van der Waals surface area contributed by atoms with Crippen LogP contribution in [-0.2, 0) is 4.79 Å². The van der Waals surface area contributed by atoms with Crippen LogP contribution in [0.3, 0.4) is 0 Å². The van der Waals surface area contributed by atoms with E-state index in [0.717, 1.165) is 16.6 Å². The number of nitrogens with one attached hydrogen (secondary N) is 1. The Morgan fingerprint density at radius 2 is 2.23 bits per heavy atom. The highest BCUT2D eigenvalue weighted by atomic mass is 19.4. The molecule has 0 aliphatic carbocycles. The SMILES string of the molecule is Cc1ccc2nc(C3CCCN3C(=O)CC(F)(F)F)[nH]c2c1. The number of rotatable bonds is 2. The lowest BCUT2D eigenvalue weighted by Gasteiger charge is -2.23. The molecule has 0 radical (unpaired) electrons. The Bertz CT molecular complexity index is 708. The summed E-state index contributed by atoms with van der Waals surface area (Å²) in [6.45, 7) is 2.30. The molecule has 2 heterocycles. The van der Waals surface area contributed by atoms with E-state index in [2.05, 4.69) is 9.97 Å². The lowest BCUT2D eigenvalue weighted by atomic mass is 10.2. The number of halogens is 3. The molecule has 1 aliphatic heterocycles. The number of amides is 1. The average molecular weight is 311 g/mol. The van der Waals surface area contributed by atoms with Crippen LogP contribution in [0.4, 0.5) is 13.2 Å². The molecule has 118 valence electrons. The van der Waals surface area contributed by atoms with Crippen LogP contribution in [0.15, 0.2) is 18.2 Å². The molecular formula is C15H16F3N3O. The van der Waals surface area contributed by atoms with Gasteiger partial charge in [-0.15, -0.1) is 0 Å². The van der Waals surface area contributed by atoms with Crippen LogP contribution in [0.2, 0.25) is 0 Å². The van der Waals surface area contributed by atoms with Crippen molar-refractivity contribution in [1.29, 1.82) is 0 Å². The fourth-order valence-corrected chi connectivity index (χ4v) is 2.92. The highest BCUT2D eigenvalue weighted by Gasteiger charge is 2.38. The van der Waals surface area contributed by atoms with Gasteiger partial charge in [0.2, 0.25) is 5.91 Å². The Hall–Kier alpha value is -2.05. The molecule has 7 heteroatoms. The number of likely N-dealkylation sites (tertiary alicyclic amines) is 1. The molecule has 0 saturated carbocycles. The summed E-state index contributed by atoms with van der Waals surface area (Å²) in [5.74, 6) is -0.319. The number of carbonyl (C=O) groups is 1. The van der Waals surface area contributed by atoms with Crippen LogP contribution in [0, 0.1) is 6.92 Å². The normalized spacial score (nSPS) is 19.1. The number of carbonyl (C=O) groups excluding carboxylic acids is 1. The first-order chi connectivity index (χ1) is 10.3. The second-order valence-electron chi connectivity index (χ2n) is 5.68. The Kier molecular flexibility index (Phi) is 3.58. The first-order valence-electron chi connectivity index (χ1n) is 7.16. The molecule has 1 saturated heterocycles. The summed E-state index contributed by atoms with van der Waals surface area (Å²) in [4.78, 5) is 20.7. The number of imidazole rings is 1. The molecule has 1 N–H and O–H groups in total. The third-order valence-corrected chi connectivity index (χ3v) is 3.90. The van der Waals surface area contributed by atoms with Crippen LogP contribution in [0.25, 0.3) is 11.0 Å². The second-order valence-corrected chi connectivity index (χ2v) is 5.68. The summed E-state index contributed by atoms with van der Waals surface area (Å²) in [6, 6.07) is 5.32. The van der Waals surface area contributed by atoms with Gasteiger partial charge in [-0.1, -0.05) is 6.07 Å². The zero-order valence-corrected chi connectivity index (χ0v) is 12.1. The number of aryl methyl sites for hydroxylation is 1. The molecule has 1 aromatic carbocycles. The molecule has 1 aromatic heterocycles. The van der Waals surface area contributed by atoms with Crippen molar-refractivity contribution >= 4 is 16.9 Å². The Morgan fingerprint density at radius 1 is 1.45 bits per heavy atom. The van der Waals surface area contributed by atoms with Gasteiger partial charge in [-0.05, 0) is 37.5 Å². The lowest BCUT2D eigenvalue weighted by Crippen LogP contribution is -2.34. The smallest absolute Gasteiger partial charge is 0.340 e. The minimum atomic E-state index is -4.48. The standard InChI is InChI=1S/C15H16F3N3O/c1-9-4-5-10-11(7-9)20-14(19-10)12-3-2-6-21(12)13(22)8-15(16,17)18/h4-5,7,12H,2-3,6,8H2,1H3,(H,19,20). The molecule has 1 fully saturated rings. The molecule has 2 aromatic rings. The molecule has 1 unspecified atom stereocenters. The summed E-state index contributed by atoms with van der Waals surface area (Å²) >= 11 is 0. The zero-order chi connectivity index (χ0) is 15.9. The number of aromatic amines is 1. The van der Waals surface area contributed by atoms with Crippen molar-refractivity contribution < 1.29 is 18.0 Å². The minimum absolute atomic E-state index is 0.343. The zero-order valence-electron chi connectivity index (χ0n) is 12.1. The van der Waals surface area contributed by atoms with E-state index in [1.54, 1.807) is 0 Å². The number of H-pyrrole nitrogens is 1. The van der Waals surface area contributed by atoms with Crippen LogP contribution >= 0.6 is 0 Å². The molecule has 1 atom stereocenters. The topological polar surface area (TPSA) is 49.0 Å². The number of benzene rings is 1. The van der Waals surface area contributed by atoms with E-state index < -0.39 is 24.5 Å². The van der Waals surface area contributed by atoms with Crippen molar-refractivity contribution in [3.8, 4) is 0 Å². The second kappa shape index (κ2) is 5.30. The van der Waals surface area contributed by atoms with Crippen molar-refractivity contribution in [2.24, 2.45) is 0 Å². The molecule has 1 amide bonds. The molecule has 22 heavy (non-hydrogen) atoms. The van der Waals surface area contributed by atoms with Gasteiger partial charge >= 0.3 is 6.18 Å². The molecule has 0 spiro atoms. The van der Waals surface area contributed by atoms with E-state index >= 15 is 0 Å². The molecule has 1 aliphatic rings. The molecular weight excluding hydrogens is 295 g/mol. The molecule has 4 nitrogen and oxygen atoms in total. The fourth-order valence-electron chi connectivity index (χ4n) is 2.92. The number of aromatic nitrogens is 2. The van der Waals surface area contributed by atoms with Gasteiger partial charge in [0, 0.05) is 6.54 Å². The Morgan fingerprint density at radius 3 is 2.95 bits per heavy atom. The number of nitrogens with zero attached hydrogens (tertiary/aromatic N) is 2. The number of hydrogen-bond donors (Lipinski definition) is 1. The highest BCUT2D eigenvalue weighted by Crippen LogP contribution is 2.33. The van der Waals surface area contributed by atoms with E-state index in [1.807, 2.05) is 25.1 Å². The van der Waals surface area contributed by atoms with Crippen molar-refractivity contribution in [1.82, 2.24) is 14.9 Å². The summed E-state index contributed by atoms with van der Waals surface area (Å²) in [5.41, 5.74) is 2.67. The summed E-state index contributed by atoms with van der Waals surface area (Å²) in [7, 11) is 0. The Labute approximate surface area is 125 Å². The predicted octanol–water partition coefficient (Wildman–Crippen LogP) is 3.49. The summed E-state index contributed by atoms with van der Waals surface area (Å²) in [5, 5.41) is 0. The van der Waals surface area contributed by atoms with Gasteiger partial charge in [0.05, 0.1) is 17.1 Å². The van der Waals surface area contributed by atoms with Gasteiger partial charge in [-0.3, -0.25) is 4.79 Å². The van der Waals surface area contributed by atoms with E-state index in [1.165, 1.54) is 4.90 Å². The third kappa shape index (κ3) is 2.93. The van der Waals surface area contributed by atoms with E-state index in [0.29, 0.717) is 25.2 Å². The van der Waals surface area contributed by atoms with Crippen LogP contribution in [0.5, 0.6) is 0 Å². The van der Waals surface area contributed by atoms with E-state index in [4.69, 9.17) is 0 Å². The van der Waals surface area contributed by atoms with E-state index in [-0.39, 0.29) is 0 Å². The van der Waals surface area contributed by atoms with Crippen LogP contribution in [0.1, 0.15) is 36.7 Å². The molecule has 3 rings (SSSR count). The van der Waals surface area contributed by atoms with Crippen molar-refractivity contribution in [2.45, 2.75) is 38.4 Å². The van der Waals surface area contributed by atoms with Crippen LogP contribution in [-0.4, -0.2) is 33.5 Å². The van der Waals surface area contributed by atoms with Gasteiger partial charge in [-0.2, -0.15) is 13.2 Å². The maximum absolute atomic E-state index is 12.4. The Balaban J connectivity index is 1.86. The van der Waals surface area contributed by atoms with Gasteiger partial charge in [0.1, 0.15) is 12.2 Å². The highest BCUT2D eigenvalue weighted by molar-refractivity contribution is 5.78. The quantitative estimate of drug-likeness (QED) is 0.923. The first-order valence-corrected chi connectivity index (χ1v) is 7.16. The van der Waals surface area contributed by atoms with Gasteiger partial charge in [0.25, 0.3) is 0 Å². The number of alkyl halides is 3. The lowest BCUT2D eigenvalue weighted by molar-refractivity contribution is -0.162. The van der Waals surface area contributed by atoms with Crippen molar-refractivity contribution in [3.63, 3.8) is 0 Å². The number of hydrogen-bond acceptors (Lipinski definition) is 2. The maximum Gasteiger partial charge on any atom is 0.397 e. The first kappa shape index (κ1) is 14.9. The summed E-state index contributed by atoms with van der Waals surface area (Å²) in [6.07, 6.45) is -4.58. The fraction of sp³-hybridized carbons (Fsp3) is 0.467. The largest absolute Gasteiger partial charge is 0.397 e. The molecule has 0 bridgehead atoms. The van der Waals surface area contributed by atoms with Crippen molar-refractivity contribution in [2.75, 3.05) is 6.54 Å². The van der Waals surface area contributed by atoms with Gasteiger partial charge < -0.3 is 9.88 Å². The predicted molar refractivity (Wildman–Crippen MR) is 75.2 cm³/mol. The summed E-state index contributed by atoms with van der Waals surface area (Å²) < 4.78 is 37.3. The van der Waals surface area contributed by atoms with Crippen molar-refractivity contribution in [3.05, 3.63) is 29.6 Å². The minimum Gasteiger partial charge on any atom is -0.340 e. The monoisotopic (exact) mass is 311 g/mol. The third-order valence-electron chi connectivity index (χ3n) is 3.90. The van der Waals surface area contributed by atoms with Crippen LogP contribution < -0.4 is 0 Å². The van der Waals surface area contributed by atoms with Gasteiger partial charge in [-0.25, -0.2) is 4.98 Å². The maximum atomic E-state index is 12.4. The average Bonchev–Trinajstić information content (AvgIpc) is 3.01. The number of fused-ring (bicyclic) bond motifs is 1.